The van der Waals surface area contributed by atoms with Crippen LogP contribution in [0.15, 0.2) is 35.6 Å². The van der Waals surface area contributed by atoms with Crippen molar-refractivity contribution in [2.75, 3.05) is 0 Å². The highest BCUT2D eigenvalue weighted by Crippen LogP contribution is 2.38. The lowest BCUT2D eigenvalue weighted by atomic mass is 9.91. The lowest BCUT2D eigenvalue weighted by Crippen LogP contribution is -2.39. The highest BCUT2D eigenvalue weighted by Gasteiger charge is 2.23. The fourth-order valence-electron chi connectivity index (χ4n) is 2.42. The number of hydrogen-bond donors (Lipinski definition) is 3. The molecule has 3 nitrogen and oxygen atoms in total. The zero-order valence-corrected chi connectivity index (χ0v) is 12.1. The highest BCUT2D eigenvalue weighted by atomic mass is 32.1. The van der Waals surface area contributed by atoms with Gasteiger partial charge in [0.05, 0.1) is 0 Å². The zero-order chi connectivity index (χ0) is 13.7. The van der Waals surface area contributed by atoms with Gasteiger partial charge >= 0.3 is 0 Å². The van der Waals surface area contributed by atoms with Crippen LogP contribution in [0.2, 0.25) is 0 Å². The van der Waals surface area contributed by atoms with E-state index in [1.165, 1.54) is 29.6 Å². The summed E-state index contributed by atoms with van der Waals surface area (Å²) in [6, 6.07) is 0. The van der Waals surface area contributed by atoms with Crippen LogP contribution in [0.5, 0.6) is 0 Å². The third kappa shape index (κ3) is 4.18. The van der Waals surface area contributed by atoms with E-state index >= 15 is 0 Å². The lowest BCUT2D eigenvalue weighted by Gasteiger charge is -2.17. The van der Waals surface area contributed by atoms with Gasteiger partial charge in [0, 0.05) is 11.6 Å². The van der Waals surface area contributed by atoms with Gasteiger partial charge in [0.15, 0.2) is 5.11 Å². The van der Waals surface area contributed by atoms with E-state index in [2.05, 4.69) is 37.9 Å². The molecule has 0 radical (unpaired) electrons. The third-order valence-electron chi connectivity index (χ3n) is 3.43. The molecule has 0 aliphatic heterocycles. The van der Waals surface area contributed by atoms with Crippen molar-refractivity contribution in [1.82, 2.24) is 10.9 Å². The van der Waals surface area contributed by atoms with E-state index in [4.69, 9.17) is 18.0 Å². The van der Waals surface area contributed by atoms with Gasteiger partial charge in [-0.1, -0.05) is 29.9 Å². The van der Waals surface area contributed by atoms with Crippen LogP contribution in [0.1, 0.15) is 39.5 Å². The van der Waals surface area contributed by atoms with Gasteiger partial charge in [-0.15, -0.1) is 0 Å². The minimum Gasteiger partial charge on any atom is -0.375 e. The Labute approximate surface area is 115 Å². The van der Waals surface area contributed by atoms with Crippen LogP contribution in [0.25, 0.3) is 0 Å². The van der Waals surface area contributed by atoms with E-state index in [-0.39, 0.29) is 5.11 Å². The zero-order valence-electron chi connectivity index (χ0n) is 11.3. The maximum Gasteiger partial charge on any atom is 0.182 e. The van der Waals surface area contributed by atoms with Gasteiger partial charge in [0.2, 0.25) is 0 Å². The number of thiocarbonyl (C=S) groups is 1. The summed E-state index contributed by atoms with van der Waals surface area (Å²) >= 11 is 4.72. The second-order valence-corrected chi connectivity index (χ2v) is 5.40. The molecule has 0 bridgehead atoms. The first-order valence-corrected chi connectivity index (χ1v) is 6.65. The summed E-state index contributed by atoms with van der Waals surface area (Å²) in [6.07, 6.45) is 4.31. The van der Waals surface area contributed by atoms with Crippen LogP contribution in [-0.4, -0.2) is 5.11 Å². The molecular formula is C14H23N3S. The van der Waals surface area contributed by atoms with Crippen molar-refractivity contribution >= 4 is 17.3 Å². The smallest absolute Gasteiger partial charge is 0.182 e. The lowest BCUT2D eigenvalue weighted by molar-refractivity contribution is 0.650. The van der Waals surface area contributed by atoms with Crippen LogP contribution >= 0.6 is 12.2 Å². The molecule has 18 heavy (non-hydrogen) atoms. The largest absolute Gasteiger partial charge is 0.375 e. The molecule has 1 atom stereocenters. The number of rotatable bonds is 6. The Kier molecular flexibility index (Phi) is 5.41. The Morgan fingerprint density at radius 1 is 1.44 bits per heavy atom. The quantitative estimate of drug-likeness (QED) is 0.393. The van der Waals surface area contributed by atoms with Gasteiger partial charge in [0.1, 0.15) is 0 Å². The monoisotopic (exact) mass is 265 g/mol. The average molecular weight is 265 g/mol. The number of hydrogen-bond acceptors (Lipinski definition) is 2. The Hall–Kier alpha value is -1.29. The summed E-state index contributed by atoms with van der Waals surface area (Å²) in [6.45, 7) is 12.4. The van der Waals surface area contributed by atoms with Crippen LogP contribution in [-0.2, 0) is 0 Å². The number of hydrazine groups is 1. The summed E-state index contributed by atoms with van der Waals surface area (Å²) < 4.78 is 0. The highest BCUT2D eigenvalue weighted by molar-refractivity contribution is 7.80. The van der Waals surface area contributed by atoms with Crippen LogP contribution < -0.4 is 16.6 Å². The Morgan fingerprint density at radius 3 is 2.67 bits per heavy atom. The average Bonchev–Trinajstić information content (AvgIpc) is 2.65. The van der Waals surface area contributed by atoms with Gasteiger partial charge < -0.3 is 11.2 Å². The van der Waals surface area contributed by atoms with E-state index in [9.17, 15) is 0 Å². The molecule has 0 amide bonds. The molecule has 0 saturated carbocycles. The predicted octanol–water partition coefficient (Wildman–Crippen LogP) is 2.92. The fourth-order valence-corrected chi connectivity index (χ4v) is 2.47. The second kappa shape index (κ2) is 6.59. The fraction of sp³-hybridized carbons (Fsp3) is 0.500. The topological polar surface area (TPSA) is 50.1 Å². The van der Waals surface area contributed by atoms with Crippen molar-refractivity contribution in [2.45, 2.75) is 39.5 Å². The maximum absolute atomic E-state index is 5.34. The van der Waals surface area contributed by atoms with Crippen molar-refractivity contribution in [3.05, 3.63) is 35.6 Å². The molecule has 1 rings (SSSR count). The van der Waals surface area contributed by atoms with Crippen molar-refractivity contribution < 1.29 is 0 Å². The van der Waals surface area contributed by atoms with Crippen molar-refractivity contribution in [1.29, 1.82) is 0 Å². The molecule has 1 aliphatic carbocycles. The molecule has 0 spiro atoms. The van der Waals surface area contributed by atoms with Crippen LogP contribution in [0.3, 0.4) is 0 Å². The molecule has 0 unspecified atom stereocenters. The van der Waals surface area contributed by atoms with E-state index in [0.29, 0.717) is 5.92 Å². The van der Waals surface area contributed by atoms with Gasteiger partial charge in [-0.05, 0) is 51.7 Å². The molecule has 0 aromatic rings. The molecule has 0 heterocycles. The molecule has 4 heteroatoms. The summed E-state index contributed by atoms with van der Waals surface area (Å²) in [5.74, 6) is 0.557. The van der Waals surface area contributed by atoms with Crippen molar-refractivity contribution in [3.8, 4) is 0 Å². The summed E-state index contributed by atoms with van der Waals surface area (Å²) in [7, 11) is 0. The predicted molar refractivity (Wildman–Crippen MR) is 81.7 cm³/mol. The molecule has 0 saturated heterocycles. The van der Waals surface area contributed by atoms with Crippen molar-refractivity contribution in [2.24, 2.45) is 11.7 Å². The maximum atomic E-state index is 5.34. The van der Waals surface area contributed by atoms with E-state index in [0.717, 1.165) is 18.5 Å². The Bertz CT molecular complexity index is 396. The summed E-state index contributed by atoms with van der Waals surface area (Å²) in [5, 5.41) is 0.229. The minimum atomic E-state index is 0.229. The number of allylic oxidation sites excluding steroid dienone is 4. The van der Waals surface area contributed by atoms with E-state index in [1.54, 1.807) is 0 Å². The van der Waals surface area contributed by atoms with Crippen LogP contribution in [0, 0.1) is 5.92 Å². The first-order chi connectivity index (χ1) is 8.41. The second-order valence-electron chi connectivity index (χ2n) is 4.96. The summed E-state index contributed by atoms with van der Waals surface area (Å²) in [5.41, 5.74) is 16.1. The number of nitrogens with one attached hydrogen (secondary N) is 2. The molecular weight excluding hydrogens is 242 g/mol. The molecule has 1 aliphatic rings. The summed E-state index contributed by atoms with van der Waals surface area (Å²) in [4.78, 5) is 0. The van der Waals surface area contributed by atoms with Gasteiger partial charge in [-0.2, -0.15) is 0 Å². The first kappa shape index (κ1) is 14.8. The SMILES string of the molecule is C=C(CCC1=C(C)CC[C@@H]1C(=C)C)NNC(N)=S. The Morgan fingerprint density at radius 2 is 2.11 bits per heavy atom. The minimum absolute atomic E-state index is 0.229. The van der Waals surface area contributed by atoms with Gasteiger partial charge in [-0.25, -0.2) is 0 Å². The molecule has 0 aromatic heterocycles. The van der Waals surface area contributed by atoms with Gasteiger partial charge in [-0.3, -0.25) is 5.43 Å². The normalized spacial score (nSPS) is 18.7. The van der Waals surface area contributed by atoms with E-state index in [1.807, 2.05) is 0 Å². The molecule has 0 aromatic carbocycles. The first-order valence-electron chi connectivity index (χ1n) is 6.25. The molecule has 0 fully saturated rings. The molecule has 100 valence electrons. The molecule has 4 N–H and O–H groups in total. The Balaban J connectivity index is 2.47. The number of nitrogens with two attached hydrogens (primary N) is 1. The third-order valence-corrected chi connectivity index (χ3v) is 3.53. The standard InChI is InChI=1S/C14H23N3S/c1-9(2)12-7-5-10(3)13(12)8-6-11(4)16-17-14(15)18/h12,16H,1,4-8H2,2-3H3,(H3,15,17,18)/t12-/m1/s1. The van der Waals surface area contributed by atoms with Gasteiger partial charge in [0.25, 0.3) is 0 Å². The van der Waals surface area contributed by atoms with Crippen molar-refractivity contribution in [3.63, 3.8) is 0 Å². The van der Waals surface area contributed by atoms with Crippen LogP contribution in [0.4, 0.5) is 0 Å². The van der Waals surface area contributed by atoms with E-state index < -0.39 is 0 Å².